The van der Waals surface area contributed by atoms with Crippen molar-refractivity contribution in [2.24, 2.45) is 0 Å². The van der Waals surface area contributed by atoms with E-state index in [1.54, 1.807) is 12.1 Å². The minimum Gasteiger partial charge on any atom is -0.325 e. The first kappa shape index (κ1) is 17.4. The summed E-state index contributed by atoms with van der Waals surface area (Å²) < 4.78 is 14.3. The average molecular weight is 425 g/mol. The number of amides is 1. The molecule has 1 amide bonds. The third-order valence-electron chi connectivity index (χ3n) is 4.32. The van der Waals surface area contributed by atoms with Gasteiger partial charge in [0.15, 0.2) is 0 Å². The summed E-state index contributed by atoms with van der Waals surface area (Å²) in [4.78, 5) is 22.8. The van der Waals surface area contributed by atoms with Gasteiger partial charge in [-0.25, -0.2) is 9.37 Å². The van der Waals surface area contributed by atoms with Crippen molar-refractivity contribution >= 4 is 50.2 Å². The SMILES string of the molecule is C=C=CC(=O)Nc1nc(N2CCc3cc(F)c(Br)cc32)c2ccccc2n1. The molecule has 4 rings (SSSR count). The molecule has 0 bridgehead atoms. The molecule has 2 aromatic carbocycles. The van der Waals surface area contributed by atoms with Crippen LogP contribution in [0.1, 0.15) is 5.56 Å². The van der Waals surface area contributed by atoms with Crippen LogP contribution in [0, 0.1) is 5.82 Å². The zero-order valence-corrected chi connectivity index (χ0v) is 15.8. The molecule has 3 aromatic rings. The van der Waals surface area contributed by atoms with Gasteiger partial charge in [-0.05, 0) is 52.2 Å². The van der Waals surface area contributed by atoms with E-state index in [0.717, 1.165) is 16.6 Å². The van der Waals surface area contributed by atoms with Crippen LogP contribution in [0.3, 0.4) is 0 Å². The van der Waals surface area contributed by atoms with E-state index in [0.29, 0.717) is 28.8 Å². The molecule has 0 unspecified atom stereocenters. The fraction of sp³-hybridized carbons (Fsp3) is 0.100. The first-order valence-electron chi connectivity index (χ1n) is 8.26. The number of anilines is 3. The number of halogens is 2. The molecule has 0 spiro atoms. The standard InChI is InChI=1S/C20H14BrFN4O/c1-2-5-18(27)24-20-23-16-7-4-3-6-13(16)19(25-20)26-9-8-12-10-15(22)14(21)11-17(12)26/h3-7,10-11H,1,8-9H2,(H,23,24,25,27). The molecular formula is C20H14BrFN4O. The van der Waals surface area contributed by atoms with E-state index >= 15 is 0 Å². The van der Waals surface area contributed by atoms with Crippen molar-refractivity contribution in [3.8, 4) is 0 Å². The lowest BCUT2D eigenvalue weighted by Crippen LogP contribution is -2.18. The number of carbonyl (C=O) groups excluding carboxylic acids is 1. The molecule has 1 aromatic heterocycles. The predicted octanol–water partition coefficient (Wildman–Crippen LogP) is 4.51. The summed E-state index contributed by atoms with van der Waals surface area (Å²) >= 11 is 3.25. The maximum absolute atomic E-state index is 13.9. The van der Waals surface area contributed by atoms with Crippen molar-refractivity contribution < 1.29 is 9.18 Å². The summed E-state index contributed by atoms with van der Waals surface area (Å²) in [6, 6.07) is 10.9. The fourth-order valence-electron chi connectivity index (χ4n) is 3.16. The van der Waals surface area contributed by atoms with Gasteiger partial charge in [-0.1, -0.05) is 18.7 Å². The molecular weight excluding hydrogens is 411 g/mol. The quantitative estimate of drug-likeness (QED) is 0.496. The highest BCUT2D eigenvalue weighted by molar-refractivity contribution is 9.10. The van der Waals surface area contributed by atoms with Crippen molar-refractivity contribution in [2.45, 2.75) is 6.42 Å². The number of hydrogen-bond donors (Lipinski definition) is 1. The van der Waals surface area contributed by atoms with Gasteiger partial charge < -0.3 is 4.90 Å². The number of aromatic nitrogens is 2. The summed E-state index contributed by atoms with van der Waals surface area (Å²) in [5.74, 6) is 0.163. The first-order valence-corrected chi connectivity index (χ1v) is 9.05. The number of benzene rings is 2. The van der Waals surface area contributed by atoms with Crippen LogP contribution in [0.15, 0.2) is 59.3 Å². The first-order chi connectivity index (χ1) is 13.1. The Hall–Kier alpha value is -3.02. The molecule has 0 saturated carbocycles. The van der Waals surface area contributed by atoms with Gasteiger partial charge >= 0.3 is 0 Å². The second-order valence-electron chi connectivity index (χ2n) is 6.02. The zero-order chi connectivity index (χ0) is 19.0. The topological polar surface area (TPSA) is 58.1 Å². The van der Waals surface area contributed by atoms with Crippen LogP contribution in [0.25, 0.3) is 10.9 Å². The summed E-state index contributed by atoms with van der Waals surface area (Å²) in [6.07, 6.45) is 1.89. The number of rotatable bonds is 3. The largest absolute Gasteiger partial charge is 0.325 e. The van der Waals surface area contributed by atoms with Crippen molar-refractivity contribution in [1.29, 1.82) is 0 Å². The molecule has 27 heavy (non-hydrogen) atoms. The maximum Gasteiger partial charge on any atom is 0.258 e. The molecule has 0 radical (unpaired) electrons. The van der Waals surface area contributed by atoms with E-state index in [1.165, 1.54) is 6.08 Å². The summed E-state index contributed by atoms with van der Waals surface area (Å²) in [5.41, 5.74) is 4.93. The molecule has 0 fully saturated rings. The van der Waals surface area contributed by atoms with Gasteiger partial charge in [0, 0.05) is 23.7 Å². The monoisotopic (exact) mass is 424 g/mol. The Labute approximate surface area is 163 Å². The second kappa shape index (κ2) is 6.95. The van der Waals surface area contributed by atoms with Gasteiger partial charge in [0.25, 0.3) is 5.91 Å². The molecule has 0 aliphatic carbocycles. The highest BCUT2D eigenvalue weighted by Crippen LogP contribution is 2.39. The Morgan fingerprint density at radius 2 is 2.15 bits per heavy atom. The normalized spacial score (nSPS) is 12.6. The highest BCUT2D eigenvalue weighted by Gasteiger charge is 2.25. The Balaban J connectivity index is 1.86. The molecule has 2 heterocycles. The third kappa shape index (κ3) is 3.23. The summed E-state index contributed by atoms with van der Waals surface area (Å²) in [6.45, 7) is 4.05. The minimum absolute atomic E-state index is 0.190. The van der Waals surface area contributed by atoms with E-state index in [1.807, 2.05) is 29.2 Å². The van der Waals surface area contributed by atoms with E-state index in [9.17, 15) is 9.18 Å². The Morgan fingerprint density at radius 3 is 2.96 bits per heavy atom. The second-order valence-corrected chi connectivity index (χ2v) is 6.88. The Morgan fingerprint density at radius 1 is 1.33 bits per heavy atom. The number of hydrogen-bond acceptors (Lipinski definition) is 4. The van der Waals surface area contributed by atoms with Gasteiger partial charge in [-0.3, -0.25) is 10.1 Å². The molecule has 0 saturated heterocycles. The van der Waals surface area contributed by atoms with Crippen molar-refractivity contribution in [3.05, 3.63) is 70.6 Å². The summed E-state index contributed by atoms with van der Waals surface area (Å²) in [5, 5.41) is 3.48. The maximum atomic E-state index is 13.9. The summed E-state index contributed by atoms with van der Waals surface area (Å²) in [7, 11) is 0. The smallest absolute Gasteiger partial charge is 0.258 e. The van der Waals surface area contributed by atoms with E-state index in [2.05, 4.69) is 43.5 Å². The van der Waals surface area contributed by atoms with Gasteiger partial charge in [-0.15, -0.1) is 5.73 Å². The van der Waals surface area contributed by atoms with E-state index in [4.69, 9.17) is 0 Å². The molecule has 7 heteroatoms. The van der Waals surface area contributed by atoms with Crippen LogP contribution < -0.4 is 10.2 Å². The highest BCUT2D eigenvalue weighted by atomic mass is 79.9. The third-order valence-corrected chi connectivity index (χ3v) is 4.93. The number of para-hydroxylation sites is 1. The Kier molecular flexibility index (Phi) is 4.48. The predicted molar refractivity (Wildman–Crippen MR) is 107 cm³/mol. The zero-order valence-electron chi connectivity index (χ0n) is 14.2. The van der Waals surface area contributed by atoms with Gasteiger partial charge in [0.2, 0.25) is 5.95 Å². The van der Waals surface area contributed by atoms with Crippen LogP contribution in [-0.4, -0.2) is 22.4 Å². The lowest BCUT2D eigenvalue weighted by molar-refractivity contribution is -0.111. The number of fused-ring (bicyclic) bond motifs is 2. The molecule has 1 N–H and O–H groups in total. The molecule has 0 atom stereocenters. The van der Waals surface area contributed by atoms with Crippen LogP contribution in [0.2, 0.25) is 0 Å². The Bertz CT molecular complexity index is 1120. The molecule has 1 aliphatic rings. The van der Waals surface area contributed by atoms with Crippen molar-refractivity contribution in [1.82, 2.24) is 9.97 Å². The van der Waals surface area contributed by atoms with Crippen LogP contribution in [0.4, 0.5) is 21.8 Å². The van der Waals surface area contributed by atoms with Gasteiger partial charge in [-0.2, -0.15) is 4.98 Å². The fourth-order valence-corrected chi connectivity index (χ4v) is 3.49. The molecule has 5 nitrogen and oxygen atoms in total. The van der Waals surface area contributed by atoms with Crippen LogP contribution in [-0.2, 0) is 11.2 Å². The van der Waals surface area contributed by atoms with Crippen LogP contribution in [0.5, 0.6) is 0 Å². The van der Waals surface area contributed by atoms with Crippen LogP contribution >= 0.6 is 15.9 Å². The van der Waals surface area contributed by atoms with E-state index < -0.39 is 5.91 Å². The lowest BCUT2D eigenvalue weighted by atomic mass is 10.1. The number of nitrogens with one attached hydrogen (secondary N) is 1. The number of nitrogens with zero attached hydrogens (tertiary/aromatic N) is 3. The van der Waals surface area contributed by atoms with Gasteiger partial charge in [0.1, 0.15) is 11.6 Å². The average Bonchev–Trinajstić information content (AvgIpc) is 3.04. The minimum atomic E-state index is -0.405. The van der Waals surface area contributed by atoms with E-state index in [-0.39, 0.29) is 11.8 Å². The lowest BCUT2D eigenvalue weighted by Gasteiger charge is -2.21. The number of carbonyl (C=O) groups is 1. The molecule has 134 valence electrons. The van der Waals surface area contributed by atoms with Gasteiger partial charge in [0.05, 0.1) is 9.99 Å². The van der Waals surface area contributed by atoms with Crippen molar-refractivity contribution in [2.75, 3.05) is 16.8 Å². The molecule has 1 aliphatic heterocycles. The van der Waals surface area contributed by atoms with Crippen molar-refractivity contribution in [3.63, 3.8) is 0 Å².